The molecule has 3 aromatic rings. The summed E-state index contributed by atoms with van der Waals surface area (Å²) < 4.78 is 10.3. The number of ether oxygens (including phenoxy) is 1. The number of esters is 1. The molecule has 0 saturated heterocycles. The van der Waals surface area contributed by atoms with Gasteiger partial charge in [-0.2, -0.15) is 0 Å². The van der Waals surface area contributed by atoms with Gasteiger partial charge in [-0.05, 0) is 49.4 Å². The molecule has 0 aliphatic carbocycles. The third-order valence-electron chi connectivity index (χ3n) is 3.56. The first-order chi connectivity index (χ1) is 13.0. The van der Waals surface area contributed by atoms with Gasteiger partial charge in [-0.1, -0.05) is 23.2 Å². The highest BCUT2D eigenvalue weighted by molar-refractivity contribution is 6.42. The van der Waals surface area contributed by atoms with Gasteiger partial charge in [0.25, 0.3) is 5.91 Å². The number of oxazole rings is 1. The van der Waals surface area contributed by atoms with E-state index in [1.807, 2.05) is 0 Å². The molecule has 0 aliphatic rings. The smallest absolute Gasteiger partial charge is 0.338 e. The number of aromatic nitrogens is 1. The lowest BCUT2D eigenvalue weighted by Gasteiger charge is -2.05. The summed E-state index contributed by atoms with van der Waals surface area (Å²) in [5.74, 6) is -0.622. The molecular weight excluding hydrogens is 391 g/mol. The Morgan fingerprint density at radius 3 is 2.52 bits per heavy atom. The van der Waals surface area contributed by atoms with Crippen molar-refractivity contribution >= 4 is 40.8 Å². The lowest BCUT2D eigenvalue weighted by atomic mass is 10.2. The summed E-state index contributed by atoms with van der Waals surface area (Å²) in [6.45, 7) is 2.03. The monoisotopic (exact) mass is 404 g/mol. The van der Waals surface area contributed by atoms with Crippen molar-refractivity contribution in [3.8, 4) is 11.5 Å². The van der Waals surface area contributed by atoms with Crippen LogP contribution in [-0.4, -0.2) is 23.5 Å². The molecule has 0 bridgehead atoms. The van der Waals surface area contributed by atoms with Gasteiger partial charge >= 0.3 is 5.97 Å². The zero-order chi connectivity index (χ0) is 19.4. The van der Waals surface area contributed by atoms with Crippen molar-refractivity contribution in [3.63, 3.8) is 0 Å². The molecule has 1 heterocycles. The molecule has 1 N–H and O–H groups in total. The molecule has 3 rings (SSSR count). The Morgan fingerprint density at radius 2 is 1.85 bits per heavy atom. The van der Waals surface area contributed by atoms with Gasteiger partial charge < -0.3 is 14.5 Å². The van der Waals surface area contributed by atoms with Crippen LogP contribution in [-0.2, 0) is 4.74 Å². The molecule has 1 amide bonds. The SMILES string of the molecule is CCOC(=O)c1ccc(NC(=O)c2coc(-c3ccc(Cl)c(Cl)c3)n2)cc1. The molecule has 2 aromatic carbocycles. The second-order valence-corrected chi connectivity index (χ2v) is 6.23. The average Bonchev–Trinajstić information content (AvgIpc) is 3.15. The fourth-order valence-corrected chi connectivity index (χ4v) is 2.54. The van der Waals surface area contributed by atoms with Crippen LogP contribution in [0, 0.1) is 0 Å². The number of hydrogen-bond donors (Lipinski definition) is 1. The fraction of sp³-hybridized carbons (Fsp3) is 0.105. The summed E-state index contributed by atoms with van der Waals surface area (Å²) in [5, 5.41) is 3.46. The Kier molecular flexibility index (Phi) is 5.78. The minimum atomic E-state index is -0.450. The molecule has 8 heteroatoms. The normalized spacial score (nSPS) is 10.5. The number of carbonyl (C=O) groups is 2. The quantitative estimate of drug-likeness (QED) is 0.599. The molecule has 0 fully saturated rings. The first-order valence-corrected chi connectivity index (χ1v) is 8.73. The van der Waals surface area contributed by atoms with Crippen molar-refractivity contribution in [3.05, 3.63) is 70.0 Å². The second-order valence-electron chi connectivity index (χ2n) is 5.42. The number of halogens is 2. The van der Waals surface area contributed by atoms with Gasteiger partial charge in [0.15, 0.2) is 5.69 Å². The minimum absolute atomic E-state index is 0.102. The molecule has 138 valence electrons. The molecular formula is C19H14Cl2N2O4. The molecule has 27 heavy (non-hydrogen) atoms. The topological polar surface area (TPSA) is 81.4 Å². The van der Waals surface area contributed by atoms with Gasteiger partial charge in [0, 0.05) is 11.3 Å². The van der Waals surface area contributed by atoms with Crippen molar-refractivity contribution in [2.45, 2.75) is 6.92 Å². The van der Waals surface area contributed by atoms with Crippen molar-refractivity contribution in [2.75, 3.05) is 11.9 Å². The van der Waals surface area contributed by atoms with Gasteiger partial charge in [0.1, 0.15) is 6.26 Å². The van der Waals surface area contributed by atoms with Crippen LogP contribution >= 0.6 is 23.2 Å². The van der Waals surface area contributed by atoms with Crippen molar-refractivity contribution in [1.29, 1.82) is 0 Å². The standard InChI is InChI=1S/C19H14Cl2N2O4/c1-2-26-19(25)11-3-6-13(7-4-11)22-17(24)16-10-27-18(23-16)12-5-8-14(20)15(21)9-12/h3-10H,2H2,1H3,(H,22,24). The summed E-state index contributed by atoms with van der Waals surface area (Å²) in [6.07, 6.45) is 1.25. The van der Waals surface area contributed by atoms with Crippen LogP contribution in [0.5, 0.6) is 0 Å². The number of carbonyl (C=O) groups excluding carboxylic acids is 2. The lowest BCUT2D eigenvalue weighted by molar-refractivity contribution is 0.0526. The van der Waals surface area contributed by atoms with Gasteiger partial charge in [-0.15, -0.1) is 0 Å². The van der Waals surface area contributed by atoms with Gasteiger partial charge in [-0.25, -0.2) is 9.78 Å². The van der Waals surface area contributed by atoms with Crippen LogP contribution in [0.1, 0.15) is 27.8 Å². The van der Waals surface area contributed by atoms with E-state index in [9.17, 15) is 9.59 Å². The Hall–Kier alpha value is -2.83. The third kappa shape index (κ3) is 4.48. The van der Waals surface area contributed by atoms with E-state index in [0.29, 0.717) is 33.5 Å². The van der Waals surface area contributed by atoms with Crippen LogP contribution in [0.4, 0.5) is 5.69 Å². The first-order valence-electron chi connectivity index (χ1n) is 7.97. The summed E-state index contributed by atoms with van der Waals surface area (Å²) in [4.78, 5) is 28.1. The maximum atomic E-state index is 12.3. The van der Waals surface area contributed by atoms with E-state index in [4.69, 9.17) is 32.4 Å². The summed E-state index contributed by atoms with van der Waals surface area (Å²) >= 11 is 11.9. The zero-order valence-electron chi connectivity index (χ0n) is 14.2. The van der Waals surface area contributed by atoms with Crippen molar-refractivity contribution < 1.29 is 18.7 Å². The molecule has 0 atom stereocenters. The van der Waals surface area contributed by atoms with E-state index in [2.05, 4.69) is 10.3 Å². The van der Waals surface area contributed by atoms with Crippen molar-refractivity contribution in [2.24, 2.45) is 0 Å². The van der Waals surface area contributed by atoms with Crippen LogP contribution in [0.2, 0.25) is 10.0 Å². The highest BCUT2D eigenvalue weighted by Gasteiger charge is 2.15. The van der Waals surface area contributed by atoms with E-state index in [0.717, 1.165) is 0 Å². The molecule has 0 radical (unpaired) electrons. The summed E-state index contributed by atoms with van der Waals surface area (Å²) in [6, 6.07) is 11.2. The Labute approximate surface area is 165 Å². The van der Waals surface area contributed by atoms with Gasteiger partial charge in [0.05, 0.1) is 22.2 Å². The molecule has 6 nitrogen and oxygen atoms in total. The highest BCUT2D eigenvalue weighted by Crippen LogP contribution is 2.28. The number of nitrogens with zero attached hydrogens (tertiary/aromatic N) is 1. The largest absolute Gasteiger partial charge is 0.462 e. The molecule has 1 aromatic heterocycles. The van der Waals surface area contributed by atoms with Gasteiger partial charge in [0.2, 0.25) is 5.89 Å². The lowest BCUT2D eigenvalue weighted by Crippen LogP contribution is -2.12. The maximum Gasteiger partial charge on any atom is 0.338 e. The van der Waals surface area contributed by atoms with Gasteiger partial charge in [-0.3, -0.25) is 4.79 Å². The average molecular weight is 405 g/mol. The Morgan fingerprint density at radius 1 is 1.11 bits per heavy atom. The van der Waals surface area contributed by atoms with E-state index < -0.39 is 11.9 Å². The van der Waals surface area contributed by atoms with Crippen LogP contribution in [0.25, 0.3) is 11.5 Å². The Balaban J connectivity index is 1.71. The number of rotatable bonds is 5. The number of anilines is 1. The minimum Gasteiger partial charge on any atom is -0.462 e. The number of benzene rings is 2. The molecule has 0 unspecified atom stereocenters. The van der Waals surface area contributed by atoms with E-state index in [-0.39, 0.29) is 11.6 Å². The molecule has 0 aliphatic heterocycles. The number of nitrogens with one attached hydrogen (secondary N) is 1. The van der Waals surface area contributed by atoms with Crippen molar-refractivity contribution in [1.82, 2.24) is 4.98 Å². The summed E-state index contributed by atoms with van der Waals surface area (Å²) in [5.41, 5.74) is 1.61. The predicted molar refractivity (Wildman–Crippen MR) is 102 cm³/mol. The predicted octanol–water partition coefficient (Wildman–Crippen LogP) is 5.08. The summed E-state index contributed by atoms with van der Waals surface area (Å²) in [7, 11) is 0. The second kappa shape index (κ2) is 8.24. The number of amides is 1. The van der Waals surface area contributed by atoms with E-state index >= 15 is 0 Å². The highest BCUT2D eigenvalue weighted by atomic mass is 35.5. The molecule has 0 saturated carbocycles. The number of hydrogen-bond acceptors (Lipinski definition) is 5. The zero-order valence-corrected chi connectivity index (χ0v) is 15.7. The van der Waals surface area contributed by atoms with Crippen LogP contribution in [0.15, 0.2) is 53.1 Å². The van der Waals surface area contributed by atoms with E-state index in [1.54, 1.807) is 49.4 Å². The fourth-order valence-electron chi connectivity index (χ4n) is 2.24. The van der Waals surface area contributed by atoms with Crippen LogP contribution < -0.4 is 5.32 Å². The van der Waals surface area contributed by atoms with Crippen LogP contribution in [0.3, 0.4) is 0 Å². The first kappa shape index (κ1) is 18.9. The third-order valence-corrected chi connectivity index (χ3v) is 4.30. The molecule has 0 spiro atoms. The van der Waals surface area contributed by atoms with E-state index in [1.165, 1.54) is 6.26 Å². The Bertz CT molecular complexity index is 984. The maximum absolute atomic E-state index is 12.3.